The number of primary sulfonamides is 1. The van der Waals surface area contributed by atoms with Crippen molar-refractivity contribution in [3.8, 4) is 5.69 Å². The highest BCUT2D eigenvalue weighted by Gasteiger charge is 2.25. The van der Waals surface area contributed by atoms with Gasteiger partial charge in [-0.05, 0) is 34.7 Å². The average Bonchev–Trinajstić information content (AvgIpc) is 3.18. The lowest BCUT2D eigenvalue weighted by Gasteiger charge is -2.36. The normalized spacial score (nSPS) is 15.1. The number of nitrogens with two attached hydrogens (primary N) is 1. The fourth-order valence-corrected chi connectivity index (χ4v) is 3.98. The fraction of sp³-hybridized carbons (Fsp3) is 0.235. The van der Waals surface area contributed by atoms with Crippen LogP contribution in [-0.2, 0) is 10.0 Å². The van der Waals surface area contributed by atoms with E-state index in [0.29, 0.717) is 37.8 Å². The molecule has 0 aliphatic carbocycles. The Kier molecular flexibility index (Phi) is 4.50. The standard InChI is InChI=1S/C17H19N7O2S/c18-27(25,26)16-9-5-4-8-15(16)22-10-12-23(13-11-22)17-19-20-21-24(17)14-6-2-1-3-7-14/h1-9H,10-13H2,(H2,18,25,26). The lowest BCUT2D eigenvalue weighted by atomic mass is 10.2. The largest absolute Gasteiger partial charge is 0.367 e. The zero-order chi connectivity index (χ0) is 18.9. The van der Waals surface area contributed by atoms with Crippen molar-refractivity contribution in [1.82, 2.24) is 20.2 Å². The highest BCUT2D eigenvalue weighted by atomic mass is 32.2. The van der Waals surface area contributed by atoms with Gasteiger partial charge in [0.05, 0.1) is 11.4 Å². The van der Waals surface area contributed by atoms with Gasteiger partial charge in [0, 0.05) is 26.2 Å². The van der Waals surface area contributed by atoms with E-state index >= 15 is 0 Å². The molecule has 0 atom stereocenters. The summed E-state index contributed by atoms with van der Waals surface area (Å²) in [4.78, 5) is 4.25. The Labute approximate surface area is 157 Å². The predicted octanol–water partition coefficient (Wildman–Crippen LogP) is 0.636. The van der Waals surface area contributed by atoms with Crippen LogP contribution in [0.25, 0.3) is 5.69 Å². The Bertz CT molecular complexity index is 1030. The Hall–Kier alpha value is -2.98. The van der Waals surface area contributed by atoms with E-state index in [1.807, 2.05) is 41.3 Å². The lowest BCUT2D eigenvalue weighted by molar-refractivity contribution is 0.594. The third-order valence-electron chi connectivity index (χ3n) is 4.53. The summed E-state index contributed by atoms with van der Waals surface area (Å²) in [5, 5.41) is 17.4. The molecular formula is C17H19N7O2S. The molecule has 4 rings (SSSR count). The van der Waals surface area contributed by atoms with Crippen LogP contribution in [0.4, 0.5) is 11.6 Å². The van der Waals surface area contributed by atoms with Crippen LogP contribution in [0.15, 0.2) is 59.5 Å². The number of piperazine rings is 1. The van der Waals surface area contributed by atoms with Crippen molar-refractivity contribution in [2.45, 2.75) is 4.90 Å². The van der Waals surface area contributed by atoms with Gasteiger partial charge in [-0.25, -0.2) is 13.6 Å². The van der Waals surface area contributed by atoms with Crippen molar-refractivity contribution in [1.29, 1.82) is 0 Å². The molecule has 140 valence electrons. The predicted molar refractivity (Wildman–Crippen MR) is 101 cm³/mol. The van der Waals surface area contributed by atoms with E-state index in [4.69, 9.17) is 5.14 Å². The summed E-state index contributed by atoms with van der Waals surface area (Å²) < 4.78 is 25.4. The van der Waals surface area contributed by atoms with Crippen LogP contribution < -0.4 is 14.9 Å². The molecule has 0 unspecified atom stereocenters. The van der Waals surface area contributed by atoms with Gasteiger partial charge in [-0.3, -0.25) is 0 Å². The molecule has 27 heavy (non-hydrogen) atoms. The summed E-state index contributed by atoms with van der Waals surface area (Å²) in [5.74, 6) is 0.667. The number of nitrogens with zero attached hydrogens (tertiary/aromatic N) is 6. The van der Waals surface area contributed by atoms with Crippen molar-refractivity contribution in [3.63, 3.8) is 0 Å². The molecule has 1 aliphatic heterocycles. The van der Waals surface area contributed by atoms with E-state index in [1.165, 1.54) is 6.07 Å². The van der Waals surface area contributed by atoms with Gasteiger partial charge in [-0.15, -0.1) is 0 Å². The maximum Gasteiger partial charge on any atom is 0.250 e. The molecule has 0 spiro atoms. The number of anilines is 2. The molecule has 9 nitrogen and oxygen atoms in total. The van der Waals surface area contributed by atoms with Crippen molar-refractivity contribution in [2.24, 2.45) is 5.14 Å². The minimum atomic E-state index is -3.77. The van der Waals surface area contributed by atoms with Gasteiger partial charge in [0.2, 0.25) is 16.0 Å². The smallest absolute Gasteiger partial charge is 0.250 e. The van der Waals surface area contributed by atoms with Crippen LogP contribution in [0.3, 0.4) is 0 Å². The van der Waals surface area contributed by atoms with Crippen LogP contribution in [-0.4, -0.2) is 54.8 Å². The first-order valence-corrected chi connectivity index (χ1v) is 10.0. The molecule has 1 saturated heterocycles. The quantitative estimate of drug-likeness (QED) is 0.701. The molecule has 2 N–H and O–H groups in total. The van der Waals surface area contributed by atoms with Crippen LogP contribution in [0.5, 0.6) is 0 Å². The minimum absolute atomic E-state index is 0.146. The maximum atomic E-state index is 11.9. The summed E-state index contributed by atoms with van der Waals surface area (Å²) in [7, 11) is -3.77. The molecule has 0 amide bonds. The molecule has 1 aromatic heterocycles. The third-order valence-corrected chi connectivity index (χ3v) is 5.49. The maximum absolute atomic E-state index is 11.9. The SMILES string of the molecule is NS(=O)(=O)c1ccccc1N1CCN(c2nnnn2-c2ccccc2)CC1. The number of hydrogen-bond donors (Lipinski definition) is 1. The number of rotatable bonds is 4. The van der Waals surface area contributed by atoms with Crippen molar-refractivity contribution in [2.75, 3.05) is 36.0 Å². The third kappa shape index (κ3) is 3.49. The Morgan fingerprint density at radius 3 is 2.19 bits per heavy atom. The second kappa shape index (κ2) is 6.97. The van der Waals surface area contributed by atoms with E-state index in [2.05, 4.69) is 20.4 Å². The number of sulfonamides is 1. The van der Waals surface area contributed by atoms with E-state index in [-0.39, 0.29) is 4.90 Å². The van der Waals surface area contributed by atoms with Crippen molar-refractivity contribution >= 4 is 21.7 Å². The van der Waals surface area contributed by atoms with Gasteiger partial charge in [0.25, 0.3) is 0 Å². The molecule has 0 radical (unpaired) electrons. The molecule has 0 bridgehead atoms. The van der Waals surface area contributed by atoms with E-state index < -0.39 is 10.0 Å². The van der Waals surface area contributed by atoms with Crippen LogP contribution in [0.1, 0.15) is 0 Å². The van der Waals surface area contributed by atoms with Crippen LogP contribution >= 0.6 is 0 Å². The van der Waals surface area contributed by atoms with Crippen LogP contribution in [0, 0.1) is 0 Å². The van der Waals surface area contributed by atoms with Gasteiger partial charge in [0.1, 0.15) is 4.90 Å². The highest BCUT2D eigenvalue weighted by molar-refractivity contribution is 7.89. The fourth-order valence-electron chi connectivity index (χ4n) is 3.22. The van der Waals surface area contributed by atoms with Gasteiger partial charge < -0.3 is 9.80 Å². The molecule has 0 saturated carbocycles. The number of hydrogen-bond acceptors (Lipinski definition) is 7. The molecule has 2 aromatic carbocycles. The monoisotopic (exact) mass is 385 g/mol. The number of aromatic nitrogens is 4. The number of benzene rings is 2. The Morgan fingerprint density at radius 2 is 1.48 bits per heavy atom. The first-order valence-electron chi connectivity index (χ1n) is 8.49. The Morgan fingerprint density at radius 1 is 0.852 bits per heavy atom. The van der Waals surface area contributed by atoms with E-state index in [0.717, 1.165) is 5.69 Å². The Balaban J connectivity index is 1.54. The molecular weight excluding hydrogens is 366 g/mol. The highest BCUT2D eigenvalue weighted by Crippen LogP contribution is 2.26. The number of tetrazole rings is 1. The summed E-state index contributed by atoms with van der Waals surface area (Å²) in [6.07, 6.45) is 0. The summed E-state index contributed by atoms with van der Waals surface area (Å²) >= 11 is 0. The molecule has 3 aromatic rings. The van der Waals surface area contributed by atoms with Crippen molar-refractivity contribution < 1.29 is 8.42 Å². The van der Waals surface area contributed by atoms with Gasteiger partial charge >= 0.3 is 0 Å². The minimum Gasteiger partial charge on any atom is -0.367 e. The zero-order valence-corrected chi connectivity index (χ0v) is 15.3. The molecule has 1 aliphatic rings. The molecule has 2 heterocycles. The van der Waals surface area contributed by atoms with E-state index in [9.17, 15) is 8.42 Å². The first-order chi connectivity index (χ1) is 13.0. The number of para-hydroxylation sites is 2. The molecule has 1 fully saturated rings. The van der Waals surface area contributed by atoms with Gasteiger partial charge in [0.15, 0.2) is 0 Å². The van der Waals surface area contributed by atoms with Gasteiger partial charge in [-0.1, -0.05) is 35.4 Å². The average molecular weight is 385 g/mol. The summed E-state index contributed by atoms with van der Waals surface area (Å²) in [5.41, 5.74) is 1.52. The first kappa shape index (κ1) is 17.4. The molecule has 10 heteroatoms. The van der Waals surface area contributed by atoms with Crippen molar-refractivity contribution in [3.05, 3.63) is 54.6 Å². The summed E-state index contributed by atoms with van der Waals surface area (Å²) in [6, 6.07) is 16.5. The topological polar surface area (TPSA) is 110 Å². The second-order valence-corrected chi connectivity index (χ2v) is 7.74. The zero-order valence-electron chi connectivity index (χ0n) is 14.5. The summed E-state index contributed by atoms with van der Waals surface area (Å²) in [6.45, 7) is 2.58. The lowest BCUT2D eigenvalue weighted by Crippen LogP contribution is -2.47. The van der Waals surface area contributed by atoms with Gasteiger partial charge in [-0.2, -0.15) is 4.68 Å². The van der Waals surface area contributed by atoms with E-state index in [1.54, 1.807) is 16.8 Å². The second-order valence-electron chi connectivity index (χ2n) is 6.21. The van der Waals surface area contributed by atoms with Crippen LogP contribution in [0.2, 0.25) is 0 Å².